The Labute approximate surface area is 187 Å². The number of hydrogen-bond donors (Lipinski definition) is 2. The number of carbonyl (C=O) groups excluding carboxylic acids is 1. The van der Waals surface area contributed by atoms with Crippen LogP contribution in [0.1, 0.15) is 22.8 Å². The van der Waals surface area contributed by atoms with Gasteiger partial charge in [0.15, 0.2) is 0 Å². The van der Waals surface area contributed by atoms with Gasteiger partial charge in [0.2, 0.25) is 9.47 Å². The topological polar surface area (TPSA) is 110 Å². The van der Waals surface area contributed by atoms with Crippen molar-refractivity contribution in [3.8, 4) is 5.75 Å². The molecule has 2 aromatic carbocycles. The zero-order valence-electron chi connectivity index (χ0n) is 15.6. The third-order valence-corrected chi connectivity index (χ3v) is 6.91. The first-order chi connectivity index (χ1) is 14.3. The molecule has 0 radical (unpaired) electrons. The molecule has 0 saturated carbocycles. The predicted molar refractivity (Wildman–Crippen MR) is 116 cm³/mol. The maximum absolute atomic E-state index is 12.5. The Morgan fingerprint density at radius 3 is 2.67 bits per heavy atom. The number of rotatable bonds is 8. The van der Waals surface area contributed by atoms with Crippen LogP contribution in [0.25, 0.3) is 0 Å². The van der Waals surface area contributed by atoms with E-state index in [0.29, 0.717) is 34.3 Å². The van der Waals surface area contributed by atoms with Crippen molar-refractivity contribution in [1.82, 2.24) is 14.9 Å². The molecule has 158 valence electrons. The summed E-state index contributed by atoms with van der Waals surface area (Å²) in [5.74, 6) is 0.0307. The SMILES string of the molecule is CCOc1ccccc1CNS(=O)(=O)c1nnc(NC(=O)c2ccc(Cl)cc2Cl)s1. The Hall–Kier alpha value is -2.24. The number of nitrogens with zero attached hydrogens (tertiary/aromatic N) is 2. The lowest BCUT2D eigenvalue weighted by Gasteiger charge is -2.10. The molecule has 8 nitrogen and oxygen atoms in total. The quantitative estimate of drug-likeness (QED) is 0.466. The van der Waals surface area contributed by atoms with Gasteiger partial charge in [0, 0.05) is 17.1 Å². The lowest BCUT2D eigenvalue weighted by atomic mass is 10.2. The van der Waals surface area contributed by atoms with Crippen LogP contribution in [0.2, 0.25) is 10.0 Å². The molecule has 1 aromatic heterocycles. The highest BCUT2D eigenvalue weighted by molar-refractivity contribution is 7.91. The van der Waals surface area contributed by atoms with Crippen LogP contribution in [-0.2, 0) is 16.6 Å². The first-order valence-electron chi connectivity index (χ1n) is 8.60. The molecule has 0 aliphatic rings. The first-order valence-corrected chi connectivity index (χ1v) is 11.7. The average Bonchev–Trinajstić information content (AvgIpc) is 3.17. The van der Waals surface area contributed by atoms with Gasteiger partial charge in [0.1, 0.15) is 5.75 Å². The van der Waals surface area contributed by atoms with E-state index in [1.165, 1.54) is 18.2 Å². The number of sulfonamides is 1. The number of carbonyl (C=O) groups is 1. The van der Waals surface area contributed by atoms with Crippen molar-refractivity contribution in [2.75, 3.05) is 11.9 Å². The second-order valence-electron chi connectivity index (χ2n) is 5.82. The third-order valence-electron chi connectivity index (χ3n) is 3.76. The molecular formula is C18H16Cl2N4O4S2. The lowest BCUT2D eigenvalue weighted by Crippen LogP contribution is -2.23. The number of aromatic nitrogens is 2. The highest BCUT2D eigenvalue weighted by atomic mass is 35.5. The molecule has 3 rings (SSSR count). The molecular weight excluding hydrogens is 471 g/mol. The third kappa shape index (κ3) is 5.46. The minimum Gasteiger partial charge on any atom is -0.494 e. The van der Waals surface area contributed by atoms with Gasteiger partial charge in [0.25, 0.3) is 15.9 Å². The van der Waals surface area contributed by atoms with Gasteiger partial charge in [-0.3, -0.25) is 10.1 Å². The minimum atomic E-state index is -3.94. The summed E-state index contributed by atoms with van der Waals surface area (Å²) in [5.41, 5.74) is 0.852. The first kappa shape index (κ1) is 22.4. The number of benzene rings is 2. The number of ether oxygens (including phenoxy) is 1. The molecule has 0 saturated heterocycles. The van der Waals surface area contributed by atoms with Crippen LogP contribution in [0, 0.1) is 0 Å². The van der Waals surface area contributed by atoms with Crippen LogP contribution < -0.4 is 14.8 Å². The van der Waals surface area contributed by atoms with E-state index < -0.39 is 15.9 Å². The standard InChI is InChI=1S/C18H16Cl2N4O4S2/c1-2-28-15-6-4-3-5-11(15)10-21-30(26,27)18-24-23-17(29-18)22-16(25)13-8-7-12(19)9-14(13)20/h3-9,21H,2,10H2,1H3,(H,22,23,25). The summed E-state index contributed by atoms with van der Waals surface area (Å²) in [6.07, 6.45) is 0. The normalized spacial score (nSPS) is 11.3. The molecule has 0 atom stereocenters. The van der Waals surface area contributed by atoms with Crippen molar-refractivity contribution in [2.45, 2.75) is 17.8 Å². The summed E-state index contributed by atoms with van der Waals surface area (Å²) in [4.78, 5) is 12.3. The summed E-state index contributed by atoms with van der Waals surface area (Å²) < 4.78 is 32.7. The second kappa shape index (κ2) is 9.71. The van der Waals surface area contributed by atoms with E-state index in [1.54, 1.807) is 24.3 Å². The van der Waals surface area contributed by atoms with E-state index in [4.69, 9.17) is 27.9 Å². The van der Waals surface area contributed by atoms with Crippen molar-refractivity contribution < 1.29 is 17.9 Å². The molecule has 0 spiro atoms. The summed E-state index contributed by atoms with van der Waals surface area (Å²) in [5, 5.41) is 10.4. The van der Waals surface area contributed by atoms with E-state index in [2.05, 4.69) is 20.2 Å². The number of hydrogen-bond acceptors (Lipinski definition) is 7. The molecule has 0 fully saturated rings. The molecule has 0 unspecified atom stereocenters. The summed E-state index contributed by atoms with van der Waals surface area (Å²) >= 11 is 12.5. The minimum absolute atomic E-state index is 0.0140. The van der Waals surface area contributed by atoms with E-state index in [0.717, 1.165) is 0 Å². The molecule has 1 heterocycles. The number of halogens is 2. The van der Waals surface area contributed by atoms with Crippen molar-refractivity contribution in [1.29, 1.82) is 0 Å². The van der Waals surface area contributed by atoms with E-state index >= 15 is 0 Å². The van der Waals surface area contributed by atoms with Gasteiger partial charge in [-0.05, 0) is 31.2 Å². The van der Waals surface area contributed by atoms with Crippen molar-refractivity contribution >= 4 is 55.6 Å². The lowest BCUT2D eigenvalue weighted by molar-refractivity contribution is 0.102. The number of amides is 1. The fourth-order valence-corrected chi connectivity index (χ4v) is 4.82. The van der Waals surface area contributed by atoms with Crippen LogP contribution in [0.3, 0.4) is 0 Å². The van der Waals surface area contributed by atoms with Crippen LogP contribution in [0.4, 0.5) is 5.13 Å². The van der Waals surface area contributed by atoms with Crippen LogP contribution >= 0.6 is 34.5 Å². The molecule has 3 aromatic rings. The molecule has 1 amide bonds. The van der Waals surface area contributed by atoms with Crippen LogP contribution in [0.5, 0.6) is 5.75 Å². The Bertz CT molecular complexity index is 1170. The van der Waals surface area contributed by atoms with Gasteiger partial charge in [-0.2, -0.15) is 0 Å². The largest absolute Gasteiger partial charge is 0.494 e. The van der Waals surface area contributed by atoms with E-state index in [1.807, 2.05) is 6.92 Å². The van der Waals surface area contributed by atoms with Crippen LogP contribution in [-0.4, -0.2) is 31.1 Å². The van der Waals surface area contributed by atoms with Gasteiger partial charge in [-0.15, -0.1) is 10.2 Å². The summed E-state index contributed by atoms with van der Waals surface area (Å²) in [6.45, 7) is 2.32. The molecule has 0 bridgehead atoms. The predicted octanol–water partition coefficient (Wildman–Crippen LogP) is 3.97. The Balaban J connectivity index is 1.69. The van der Waals surface area contributed by atoms with Gasteiger partial charge >= 0.3 is 0 Å². The van der Waals surface area contributed by atoms with Gasteiger partial charge in [-0.25, -0.2) is 13.1 Å². The zero-order valence-corrected chi connectivity index (χ0v) is 18.7. The molecule has 12 heteroatoms. The second-order valence-corrected chi connectivity index (χ2v) is 9.58. The summed E-state index contributed by atoms with van der Waals surface area (Å²) in [7, 11) is -3.94. The van der Waals surface area contributed by atoms with Gasteiger partial charge in [0.05, 0.1) is 17.2 Å². The maximum atomic E-state index is 12.5. The Morgan fingerprint density at radius 2 is 1.93 bits per heavy atom. The smallest absolute Gasteiger partial charge is 0.270 e. The number of nitrogens with one attached hydrogen (secondary N) is 2. The van der Waals surface area contributed by atoms with Gasteiger partial charge < -0.3 is 4.74 Å². The fraction of sp³-hybridized carbons (Fsp3) is 0.167. The molecule has 0 aliphatic carbocycles. The molecule has 30 heavy (non-hydrogen) atoms. The van der Waals surface area contributed by atoms with Crippen LogP contribution in [0.15, 0.2) is 46.8 Å². The average molecular weight is 487 g/mol. The van der Waals surface area contributed by atoms with Crippen molar-refractivity contribution in [2.24, 2.45) is 0 Å². The van der Waals surface area contributed by atoms with Gasteiger partial charge in [-0.1, -0.05) is 52.7 Å². The number of anilines is 1. The van der Waals surface area contributed by atoms with Crippen molar-refractivity contribution in [3.05, 3.63) is 63.6 Å². The molecule has 0 aliphatic heterocycles. The summed E-state index contributed by atoms with van der Waals surface area (Å²) in [6, 6.07) is 11.5. The molecule has 2 N–H and O–H groups in total. The number of para-hydroxylation sites is 1. The Morgan fingerprint density at radius 1 is 1.17 bits per heavy atom. The monoisotopic (exact) mass is 486 g/mol. The Kier molecular flexibility index (Phi) is 7.27. The van der Waals surface area contributed by atoms with Crippen molar-refractivity contribution in [3.63, 3.8) is 0 Å². The highest BCUT2D eigenvalue weighted by Gasteiger charge is 2.22. The van der Waals surface area contributed by atoms with E-state index in [9.17, 15) is 13.2 Å². The zero-order chi connectivity index (χ0) is 21.7. The fourth-order valence-electron chi connectivity index (χ4n) is 2.39. The highest BCUT2D eigenvalue weighted by Crippen LogP contribution is 2.25. The maximum Gasteiger partial charge on any atom is 0.270 e. The van der Waals surface area contributed by atoms with E-state index in [-0.39, 0.29) is 26.6 Å².